The molecule has 0 spiro atoms. The number of rotatable bonds is 6. The molecule has 210 valence electrons. The predicted octanol–water partition coefficient (Wildman–Crippen LogP) is 4.53. The molecule has 0 unspecified atom stereocenters. The molecule has 40 heavy (non-hydrogen) atoms. The first-order valence-corrected chi connectivity index (χ1v) is 13.5. The van der Waals surface area contributed by atoms with Gasteiger partial charge in [0.15, 0.2) is 0 Å². The fourth-order valence-corrected chi connectivity index (χ4v) is 5.77. The molecule has 2 aromatic heterocycles. The quantitative estimate of drug-likeness (QED) is 0.446. The van der Waals surface area contributed by atoms with Crippen LogP contribution in [0, 0.1) is 12.8 Å². The number of aromatic nitrogens is 2. The summed E-state index contributed by atoms with van der Waals surface area (Å²) in [6.07, 6.45) is 2.46. The number of halogens is 2. The van der Waals surface area contributed by atoms with Gasteiger partial charge in [-0.3, -0.25) is 14.9 Å². The van der Waals surface area contributed by atoms with Crippen molar-refractivity contribution in [2.24, 2.45) is 10.9 Å². The Hall–Kier alpha value is -3.97. The molecule has 0 saturated carbocycles. The standard InChI is InChI=1S/C27H27F2N5O5S/c1-15-10-19(39-25(28)29)12-30-21(15)23(36)31-20-13-40-24(32-20)27-14-38-16(2)11-18(27)8-9-37-26(34-27)33-22(35)17-6-4-3-5-7-17/h3-7,10,12-13,16,18,25H,8-9,11,14H2,1-2H3,(H,31,36)(H,33,34,35)/t16-,18+,27-/m0/s1. The minimum absolute atomic E-state index is 0.0130. The van der Waals surface area contributed by atoms with Crippen molar-refractivity contribution in [2.75, 3.05) is 18.5 Å². The Morgan fingerprint density at radius 1 is 1.20 bits per heavy atom. The highest BCUT2D eigenvalue weighted by Crippen LogP contribution is 2.45. The number of thiazole rings is 1. The number of alkyl halides is 2. The molecule has 4 heterocycles. The van der Waals surface area contributed by atoms with Crippen LogP contribution in [0.25, 0.3) is 0 Å². The number of fused-ring (bicyclic) bond motifs is 1. The number of carbonyl (C=O) groups is 2. The van der Waals surface area contributed by atoms with Crippen LogP contribution >= 0.6 is 11.3 Å². The van der Waals surface area contributed by atoms with Gasteiger partial charge >= 0.3 is 6.61 Å². The summed E-state index contributed by atoms with van der Waals surface area (Å²) < 4.78 is 41.2. The Morgan fingerprint density at radius 3 is 2.75 bits per heavy atom. The summed E-state index contributed by atoms with van der Waals surface area (Å²) in [5, 5.41) is 7.77. The molecule has 0 bridgehead atoms. The monoisotopic (exact) mass is 571 g/mol. The second kappa shape index (κ2) is 11.6. The highest BCUT2D eigenvalue weighted by Gasteiger charge is 2.49. The van der Waals surface area contributed by atoms with Crippen molar-refractivity contribution in [3.8, 4) is 5.75 Å². The molecule has 10 nitrogen and oxygen atoms in total. The minimum atomic E-state index is -2.99. The summed E-state index contributed by atoms with van der Waals surface area (Å²) in [5.41, 5.74) is -0.0510. The molecule has 3 atom stereocenters. The van der Waals surface area contributed by atoms with E-state index in [1.807, 2.05) is 13.0 Å². The Bertz CT molecular complexity index is 1420. The van der Waals surface area contributed by atoms with Gasteiger partial charge in [-0.15, -0.1) is 11.3 Å². The van der Waals surface area contributed by atoms with Crippen LogP contribution in [0.2, 0.25) is 0 Å². The van der Waals surface area contributed by atoms with Gasteiger partial charge < -0.3 is 19.5 Å². The van der Waals surface area contributed by atoms with Crippen LogP contribution in [-0.4, -0.2) is 53.7 Å². The number of amides is 2. The maximum absolute atomic E-state index is 12.9. The van der Waals surface area contributed by atoms with Gasteiger partial charge in [-0.1, -0.05) is 18.2 Å². The van der Waals surface area contributed by atoms with Crippen molar-refractivity contribution in [1.82, 2.24) is 15.3 Å². The summed E-state index contributed by atoms with van der Waals surface area (Å²) in [6.45, 7) is 1.16. The van der Waals surface area contributed by atoms with Crippen molar-refractivity contribution >= 4 is 35.0 Å². The van der Waals surface area contributed by atoms with Crippen molar-refractivity contribution in [2.45, 2.75) is 44.9 Å². The van der Waals surface area contributed by atoms with E-state index in [2.05, 4.69) is 25.3 Å². The molecule has 13 heteroatoms. The summed E-state index contributed by atoms with van der Waals surface area (Å²) in [6, 6.07) is 10.2. The first-order chi connectivity index (χ1) is 19.2. The fourth-order valence-electron chi connectivity index (χ4n) is 4.81. The number of pyridine rings is 1. The average Bonchev–Trinajstić information content (AvgIpc) is 3.31. The molecule has 2 aliphatic rings. The van der Waals surface area contributed by atoms with Crippen molar-refractivity contribution in [3.63, 3.8) is 0 Å². The maximum Gasteiger partial charge on any atom is 0.387 e. The lowest BCUT2D eigenvalue weighted by Crippen LogP contribution is -2.46. The molecule has 1 aromatic carbocycles. The van der Waals surface area contributed by atoms with Gasteiger partial charge in [0.2, 0.25) is 0 Å². The zero-order valence-electron chi connectivity index (χ0n) is 21.7. The van der Waals surface area contributed by atoms with Gasteiger partial charge in [-0.25, -0.2) is 15.0 Å². The topological polar surface area (TPSA) is 124 Å². The van der Waals surface area contributed by atoms with Crippen LogP contribution in [0.15, 0.2) is 53.0 Å². The molecule has 2 aliphatic heterocycles. The summed E-state index contributed by atoms with van der Waals surface area (Å²) >= 11 is 1.31. The molecule has 5 rings (SSSR count). The molecular formula is C27H27F2N5O5S. The second-order valence-electron chi connectivity index (χ2n) is 9.56. The zero-order chi connectivity index (χ0) is 28.3. The predicted molar refractivity (Wildman–Crippen MR) is 143 cm³/mol. The fraction of sp³-hybridized carbons (Fsp3) is 0.370. The number of nitrogens with one attached hydrogen (secondary N) is 2. The third-order valence-corrected chi connectivity index (χ3v) is 7.76. The maximum atomic E-state index is 12.9. The van der Waals surface area contributed by atoms with Crippen LogP contribution in [0.1, 0.15) is 51.2 Å². The number of hydrogen-bond acceptors (Lipinski definition) is 9. The Balaban J connectivity index is 1.40. The number of carbonyl (C=O) groups excluding carboxylic acids is 2. The van der Waals surface area contributed by atoms with Crippen LogP contribution in [0.5, 0.6) is 5.75 Å². The summed E-state index contributed by atoms with van der Waals surface area (Å²) in [4.78, 5) is 39.3. The van der Waals surface area contributed by atoms with E-state index in [0.717, 1.165) is 6.20 Å². The number of aliphatic imine (C=N–C) groups is 1. The first kappa shape index (κ1) is 27.6. The lowest BCUT2D eigenvalue weighted by molar-refractivity contribution is -0.0540. The van der Waals surface area contributed by atoms with Gasteiger partial charge in [0.05, 0.1) is 25.5 Å². The third kappa shape index (κ3) is 5.94. The van der Waals surface area contributed by atoms with Crippen LogP contribution < -0.4 is 15.4 Å². The van der Waals surface area contributed by atoms with Crippen molar-refractivity contribution < 1.29 is 32.6 Å². The lowest BCUT2D eigenvalue weighted by atomic mass is 9.78. The normalized spacial score (nSPS) is 22.4. The van der Waals surface area contributed by atoms with Crippen LogP contribution in [0.4, 0.5) is 14.6 Å². The number of benzene rings is 1. The van der Waals surface area contributed by atoms with E-state index in [-0.39, 0.29) is 47.8 Å². The van der Waals surface area contributed by atoms with E-state index in [1.54, 1.807) is 36.6 Å². The van der Waals surface area contributed by atoms with E-state index in [1.165, 1.54) is 17.4 Å². The number of anilines is 1. The highest BCUT2D eigenvalue weighted by atomic mass is 32.1. The third-order valence-electron chi connectivity index (χ3n) is 6.75. The molecular weight excluding hydrogens is 544 g/mol. The molecule has 3 aromatic rings. The first-order valence-electron chi connectivity index (χ1n) is 12.6. The van der Waals surface area contributed by atoms with Gasteiger partial charge in [0.25, 0.3) is 17.8 Å². The Kier molecular flexibility index (Phi) is 8.03. The van der Waals surface area contributed by atoms with E-state index >= 15 is 0 Å². The number of aryl methyl sites for hydroxylation is 1. The van der Waals surface area contributed by atoms with Crippen molar-refractivity contribution in [1.29, 1.82) is 0 Å². The van der Waals surface area contributed by atoms with Gasteiger partial charge in [0, 0.05) is 10.9 Å². The number of amidine groups is 1. The lowest BCUT2D eigenvalue weighted by Gasteiger charge is -2.40. The number of hydrogen-bond donors (Lipinski definition) is 2. The van der Waals surface area contributed by atoms with Gasteiger partial charge in [-0.2, -0.15) is 8.78 Å². The molecule has 0 aliphatic carbocycles. The molecule has 0 radical (unpaired) electrons. The summed E-state index contributed by atoms with van der Waals surface area (Å²) in [7, 11) is 0. The zero-order valence-corrected chi connectivity index (χ0v) is 22.5. The second-order valence-corrected chi connectivity index (χ2v) is 10.4. The summed E-state index contributed by atoms with van der Waals surface area (Å²) in [5.74, 6) is -0.744. The van der Waals surface area contributed by atoms with Crippen molar-refractivity contribution in [3.05, 3.63) is 69.8 Å². The molecule has 2 N–H and O–H groups in total. The SMILES string of the molecule is Cc1cc(OC(F)F)cnc1C(=O)Nc1csc([C@]23CO[C@@H](C)C[C@H]2CCOC(NC(=O)c2ccccc2)=N3)n1. The Labute approximate surface area is 232 Å². The molecule has 1 fully saturated rings. The van der Waals surface area contributed by atoms with E-state index in [9.17, 15) is 18.4 Å². The Morgan fingerprint density at radius 2 is 2.00 bits per heavy atom. The number of nitrogens with zero attached hydrogens (tertiary/aromatic N) is 3. The van der Waals surface area contributed by atoms with Gasteiger partial charge in [-0.05, 0) is 56.4 Å². The smallest absolute Gasteiger partial charge is 0.387 e. The minimum Gasteiger partial charge on any atom is -0.465 e. The molecule has 2 amide bonds. The highest BCUT2D eigenvalue weighted by molar-refractivity contribution is 7.10. The molecule has 1 saturated heterocycles. The van der Waals surface area contributed by atoms with Crippen LogP contribution in [-0.2, 0) is 15.0 Å². The largest absolute Gasteiger partial charge is 0.465 e. The van der Waals surface area contributed by atoms with Gasteiger partial charge in [0.1, 0.15) is 27.8 Å². The van der Waals surface area contributed by atoms with E-state index in [4.69, 9.17) is 14.5 Å². The van der Waals surface area contributed by atoms with Crippen LogP contribution in [0.3, 0.4) is 0 Å². The average molecular weight is 572 g/mol. The number of ether oxygens (including phenoxy) is 3. The van der Waals surface area contributed by atoms with E-state index < -0.39 is 18.1 Å². The van der Waals surface area contributed by atoms with E-state index in [0.29, 0.717) is 35.6 Å².